The van der Waals surface area contributed by atoms with Gasteiger partial charge in [-0.1, -0.05) is 24.3 Å². The Morgan fingerprint density at radius 3 is 2.48 bits per heavy atom. The van der Waals surface area contributed by atoms with Crippen LogP contribution in [0.5, 0.6) is 0 Å². The van der Waals surface area contributed by atoms with E-state index >= 15 is 0 Å². The minimum absolute atomic E-state index is 0.131. The first-order valence-corrected chi connectivity index (χ1v) is 7.70. The molecule has 4 nitrogen and oxygen atoms in total. The molecule has 0 heterocycles. The number of aliphatic hydroxyl groups is 1. The van der Waals surface area contributed by atoms with Crippen LogP contribution in [0.2, 0.25) is 0 Å². The smallest absolute Gasteiger partial charge is 0.396 e. The van der Waals surface area contributed by atoms with Crippen molar-refractivity contribution in [1.82, 2.24) is 4.72 Å². The Labute approximate surface area is 120 Å². The van der Waals surface area contributed by atoms with Gasteiger partial charge >= 0.3 is 6.18 Å². The van der Waals surface area contributed by atoms with E-state index in [1.165, 1.54) is 12.1 Å². The zero-order chi connectivity index (χ0) is 15.7. The van der Waals surface area contributed by atoms with Crippen molar-refractivity contribution in [3.05, 3.63) is 42.0 Å². The molecule has 21 heavy (non-hydrogen) atoms. The van der Waals surface area contributed by atoms with Crippen molar-refractivity contribution < 1.29 is 26.7 Å². The maximum atomic E-state index is 12.9. The Balaban J connectivity index is 2.27. The first kappa shape index (κ1) is 16.0. The average molecular weight is 321 g/mol. The van der Waals surface area contributed by atoms with E-state index < -0.39 is 32.7 Å². The van der Waals surface area contributed by atoms with Gasteiger partial charge in [0.25, 0.3) is 0 Å². The molecule has 0 saturated heterocycles. The Bertz CT molecular complexity index is 640. The maximum Gasteiger partial charge on any atom is 0.417 e. The molecule has 0 amide bonds. The van der Waals surface area contributed by atoms with Crippen LogP contribution < -0.4 is 4.72 Å². The number of benzene rings is 1. The highest BCUT2D eigenvalue weighted by Gasteiger charge is 2.37. The van der Waals surface area contributed by atoms with Crippen molar-refractivity contribution in [2.75, 3.05) is 6.61 Å². The van der Waals surface area contributed by atoms with Crippen LogP contribution in [0.15, 0.2) is 41.3 Å². The van der Waals surface area contributed by atoms with E-state index in [9.17, 15) is 21.6 Å². The summed E-state index contributed by atoms with van der Waals surface area (Å²) in [6.07, 6.45) is -1.24. The molecule has 0 aromatic heterocycles. The molecule has 0 saturated carbocycles. The number of halogens is 3. The largest absolute Gasteiger partial charge is 0.417 e. The quantitative estimate of drug-likeness (QED) is 0.833. The van der Waals surface area contributed by atoms with Gasteiger partial charge in [-0.3, -0.25) is 0 Å². The van der Waals surface area contributed by atoms with Gasteiger partial charge in [0, 0.05) is 18.6 Å². The fraction of sp³-hybridized carbons (Fsp3) is 0.385. The third-order valence-corrected chi connectivity index (χ3v) is 4.74. The van der Waals surface area contributed by atoms with E-state index in [1.54, 1.807) is 6.08 Å². The van der Waals surface area contributed by atoms with E-state index in [1.807, 2.05) is 0 Å². The van der Waals surface area contributed by atoms with E-state index in [0.29, 0.717) is 6.42 Å². The van der Waals surface area contributed by atoms with Crippen molar-refractivity contribution in [1.29, 1.82) is 0 Å². The predicted octanol–water partition coefficient (Wildman–Crippen LogP) is 1.92. The monoisotopic (exact) mass is 321 g/mol. The molecule has 2 rings (SSSR count). The van der Waals surface area contributed by atoms with Crippen LogP contribution in [-0.2, 0) is 16.2 Å². The summed E-state index contributed by atoms with van der Waals surface area (Å²) in [5.41, 5.74) is -1.20. The van der Waals surface area contributed by atoms with Crippen LogP contribution in [0.3, 0.4) is 0 Å². The third kappa shape index (κ3) is 3.63. The summed E-state index contributed by atoms with van der Waals surface area (Å²) in [4.78, 5) is -0.793. The lowest BCUT2D eigenvalue weighted by Gasteiger charge is -2.16. The standard InChI is InChI=1S/C13H14F3NO3S/c14-13(15,16)11-3-1-2-4-12(11)21(19,20)17-10-6-5-9(7-10)8-18/h1-6,9-10,17-18H,7-8H2/t9-,10+/m0/s1. The van der Waals surface area contributed by atoms with Crippen LogP contribution in [0.4, 0.5) is 13.2 Å². The molecule has 1 aromatic rings. The first-order valence-electron chi connectivity index (χ1n) is 6.22. The van der Waals surface area contributed by atoms with Crippen molar-refractivity contribution in [3.63, 3.8) is 0 Å². The predicted molar refractivity (Wildman–Crippen MR) is 69.9 cm³/mol. The van der Waals surface area contributed by atoms with Gasteiger partial charge in [0.15, 0.2) is 0 Å². The number of rotatable bonds is 4. The molecule has 1 aliphatic rings. The molecule has 0 spiro atoms. The lowest BCUT2D eigenvalue weighted by Crippen LogP contribution is -2.34. The fourth-order valence-corrected chi connectivity index (χ4v) is 3.63. The Hall–Kier alpha value is -1.38. The summed E-state index contributed by atoms with van der Waals surface area (Å²) in [5, 5.41) is 8.97. The van der Waals surface area contributed by atoms with Crippen molar-refractivity contribution in [2.24, 2.45) is 5.92 Å². The van der Waals surface area contributed by atoms with Gasteiger partial charge in [0.2, 0.25) is 10.0 Å². The van der Waals surface area contributed by atoms with Gasteiger partial charge < -0.3 is 5.11 Å². The lowest BCUT2D eigenvalue weighted by atomic mass is 10.1. The Kier molecular flexibility index (Phi) is 4.40. The van der Waals surface area contributed by atoms with Crippen LogP contribution in [0.1, 0.15) is 12.0 Å². The molecule has 1 aromatic carbocycles. The highest BCUT2D eigenvalue weighted by atomic mass is 32.2. The SMILES string of the molecule is O=S(=O)(N[C@@H]1C=C[C@H](CO)C1)c1ccccc1C(F)(F)F. The van der Waals surface area contributed by atoms with E-state index in [4.69, 9.17) is 5.11 Å². The molecule has 0 aliphatic heterocycles. The Morgan fingerprint density at radius 1 is 1.24 bits per heavy atom. The average Bonchev–Trinajstić information content (AvgIpc) is 2.85. The van der Waals surface area contributed by atoms with Crippen LogP contribution >= 0.6 is 0 Å². The molecule has 0 bridgehead atoms. The molecule has 116 valence electrons. The third-order valence-electron chi connectivity index (χ3n) is 3.20. The van der Waals surface area contributed by atoms with E-state index in [0.717, 1.165) is 18.2 Å². The molecule has 8 heteroatoms. The minimum atomic E-state index is -4.75. The number of aliphatic hydroxyl groups excluding tert-OH is 1. The van der Waals surface area contributed by atoms with Crippen molar-refractivity contribution in [2.45, 2.75) is 23.5 Å². The second kappa shape index (κ2) is 5.78. The minimum Gasteiger partial charge on any atom is -0.396 e. The van der Waals surface area contributed by atoms with Crippen LogP contribution in [-0.4, -0.2) is 26.2 Å². The number of hydrogen-bond acceptors (Lipinski definition) is 3. The molecule has 0 radical (unpaired) electrons. The molecule has 0 fully saturated rings. The van der Waals surface area contributed by atoms with E-state index in [2.05, 4.69) is 4.72 Å². The molecule has 0 unspecified atom stereocenters. The zero-order valence-electron chi connectivity index (χ0n) is 10.8. The maximum absolute atomic E-state index is 12.9. The molecular formula is C13H14F3NO3S. The summed E-state index contributed by atoms with van der Waals surface area (Å²) < 4.78 is 65.1. The number of sulfonamides is 1. The summed E-state index contributed by atoms with van der Waals surface area (Å²) in [6, 6.07) is 3.42. The van der Waals surface area contributed by atoms with Crippen LogP contribution in [0.25, 0.3) is 0 Å². The number of hydrogen-bond donors (Lipinski definition) is 2. The van der Waals surface area contributed by atoms with E-state index in [-0.39, 0.29) is 12.5 Å². The van der Waals surface area contributed by atoms with Gasteiger partial charge in [-0.2, -0.15) is 13.2 Å². The molecule has 1 aliphatic carbocycles. The topological polar surface area (TPSA) is 66.4 Å². The molecular weight excluding hydrogens is 307 g/mol. The second-order valence-electron chi connectivity index (χ2n) is 4.78. The lowest BCUT2D eigenvalue weighted by molar-refractivity contribution is -0.139. The number of nitrogens with one attached hydrogen (secondary N) is 1. The highest BCUT2D eigenvalue weighted by molar-refractivity contribution is 7.89. The Morgan fingerprint density at radius 2 is 1.90 bits per heavy atom. The highest BCUT2D eigenvalue weighted by Crippen LogP contribution is 2.34. The van der Waals surface area contributed by atoms with Gasteiger partial charge in [-0.25, -0.2) is 13.1 Å². The summed E-state index contributed by atoms with van der Waals surface area (Å²) in [7, 11) is -4.29. The van der Waals surface area contributed by atoms with Crippen molar-refractivity contribution >= 4 is 10.0 Å². The second-order valence-corrected chi connectivity index (χ2v) is 6.47. The van der Waals surface area contributed by atoms with Crippen molar-refractivity contribution in [3.8, 4) is 0 Å². The van der Waals surface area contributed by atoms with Gasteiger partial charge in [0.1, 0.15) is 0 Å². The number of alkyl halides is 3. The fourth-order valence-electron chi connectivity index (χ4n) is 2.20. The summed E-state index contributed by atoms with van der Waals surface area (Å²) in [5.74, 6) is -0.185. The van der Waals surface area contributed by atoms with Gasteiger partial charge in [-0.05, 0) is 18.6 Å². The summed E-state index contributed by atoms with van der Waals surface area (Å²) >= 11 is 0. The normalized spacial score (nSPS) is 22.7. The van der Waals surface area contributed by atoms with Gasteiger partial charge in [-0.15, -0.1) is 0 Å². The molecule has 2 N–H and O–H groups in total. The van der Waals surface area contributed by atoms with Gasteiger partial charge in [0.05, 0.1) is 10.5 Å². The first-order chi connectivity index (χ1) is 9.74. The summed E-state index contributed by atoms with van der Waals surface area (Å²) in [6.45, 7) is -0.131. The van der Waals surface area contributed by atoms with Crippen LogP contribution in [0, 0.1) is 5.92 Å². The zero-order valence-corrected chi connectivity index (χ0v) is 11.7. The molecule has 2 atom stereocenters.